The zero-order valence-corrected chi connectivity index (χ0v) is 18.0. The normalized spacial score (nSPS) is 14.5. The van der Waals surface area contributed by atoms with E-state index in [9.17, 15) is 14.0 Å². The number of hydrogen-bond donors (Lipinski definition) is 1. The number of hydrogen-bond acceptors (Lipinski definition) is 7. The molecule has 7 nitrogen and oxygen atoms in total. The first-order valence-corrected chi connectivity index (χ1v) is 10.9. The molecule has 1 amide bonds. The quantitative estimate of drug-likeness (QED) is 0.564. The third-order valence-electron chi connectivity index (χ3n) is 4.93. The molecule has 0 radical (unpaired) electrons. The molecular formula is C21H19ClFN5O2S. The van der Waals surface area contributed by atoms with E-state index in [0.29, 0.717) is 49.2 Å². The molecule has 31 heavy (non-hydrogen) atoms. The molecule has 10 heteroatoms. The van der Waals surface area contributed by atoms with Crippen molar-refractivity contribution in [1.82, 2.24) is 19.8 Å². The number of nitrogens with zero attached hydrogens (tertiary/aromatic N) is 4. The third-order valence-corrected chi connectivity index (χ3v) is 5.91. The van der Waals surface area contributed by atoms with Gasteiger partial charge in [-0.2, -0.15) is 0 Å². The van der Waals surface area contributed by atoms with E-state index in [-0.39, 0.29) is 16.5 Å². The van der Waals surface area contributed by atoms with Crippen LogP contribution < -0.4 is 5.32 Å². The van der Waals surface area contributed by atoms with Crippen LogP contribution in [-0.2, 0) is 6.54 Å². The van der Waals surface area contributed by atoms with Gasteiger partial charge in [0.25, 0.3) is 5.91 Å². The van der Waals surface area contributed by atoms with Crippen LogP contribution in [0.25, 0.3) is 0 Å². The monoisotopic (exact) mass is 459 g/mol. The fourth-order valence-electron chi connectivity index (χ4n) is 3.40. The van der Waals surface area contributed by atoms with Gasteiger partial charge in [0.15, 0.2) is 10.9 Å². The number of piperazine rings is 1. The molecule has 1 N–H and O–H groups in total. The summed E-state index contributed by atoms with van der Waals surface area (Å²) in [6, 6.07) is 7.86. The predicted molar refractivity (Wildman–Crippen MR) is 118 cm³/mol. The van der Waals surface area contributed by atoms with Crippen molar-refractivity contribution in [3.8, 4) is 0 Å². The van der Waals surface area contributed by atoms with Crippen molar-refractivity contribution in [3.05, 3.63) is 69.6 Å². The Morgan fingerprint density at radius 1 is 1.26 bits per heavy atom. The molecule has 3 aromatic rings. The second-order valence-corrected chi connectivity index (χ2v) is 8.33. The van der Waals surface area contributed by atoms with Crippen molar-refractivity contribution < 1.29 is 14.0 Å². The number of carbonyl (C=O) groups is 2. The smallest absolute Gasteiger partial charge is 0.256 e. The second kappa shape index (κ2) is 9.51. The molecule has 1 saturated heterocycles. The standard InChI is InChI=1S/C21H19ClFN5O2S/c22-17-3-1-2-16(19(17)23)20(30)28-7-5-27(6-8-28)12-15-10-14(13-29)11-18(25-15)26-21-24-4-9-31-21/h1-4,9-11,13H,5-8,12H2,(H,24,25,26). The Kier molecular flexibility index (Phi) is 6.55. The molecule has 0 unspecified atom stereocenters. The van der Waals surface area contributed by atoms with Crippen LogP contribution >= 0.6 is 22.9 Å². The van der Waals surface area contributed by atoms with Gasteiger partial charge in [0, 0.05) is 49.9 Å². The molecule has 3 heterocycles. The number of anilines is 2. The molecule has 1 aromatic carbocycles. The number of nitrogens with one attached hydrogen (secondary N) is 1. The topological polar surface area (TPSA) is 78.4 Å². The van der Waals surface area contributed by atoms with E-state index < -0.39 is 5.82 Å². The molecule has 160 valence electrons. The van der Waals surface area contributed by atoms with Gasteiger partial charge in [-0.15, -0.1) is 11.3 Å². The maximum Gasteiger partial charge on any atom is 0.256 e. The highest BCUT2D eigenvalue weighted by atomic mass is 35.5. The maximum absolute atomic E-state index is 14.2. The molecule has 4 rings (SSSR count). The Morgan fingerprint density at radius 2 is 2.06 bits per heavy atom. The summed E-state index contributed by atoms with van der Waals surface area (Å²) in [5.41, 5.74) is 1.25. The number of aldehydes is 1. The number of amides is 1. The zero-order chi connectivity index (χ0) is 21.8. The lowest BCUT2D eigenvalue weighted by molar-refractivity contribution is 0.0622. The molecule has 1 fully saturated rings. The fraction of sp³-hybridized carbons (Fsp3) is 0.238. The van der Waals surface area contributed by atoms with E-state index >= 15 is 0 Å². The van der Waals surface area contributed by atoms with Crippen molar-refractivity contribution in [2.24, 2.45) is 0 Å². The number of carbonyl (C=O) groups excluding carboxylic acids is 2. The SMILES string of the molecule is O=Cc1cc(CN2CCN(C(=O)c3cccc(Cl)c3F)CC2)nc(Nc2nccs2)c1. The van der Waals surface area contributed by atoms with Crippen molar-refractivity contribution in [3.63, 3.8) is 0 Å². The highest BCUT2D eigenvalue weighted by Crippen LogP contribution is 2.21. The first-order chi connectivity index (χ1) is 15.0. The number of rotatable bonds is 6. The number of halogens is 2. The van der Waals surface area contributed by atoms with E-state index in [0.717, 1.165) is 12.0 Å². The minimum absolute atomic E-state index is 0.0146. The summed E-state index contributed by atoms with van der Waals surface area (Å²) >= 11 is 7.24. The Hall–Kier alpha value is -2.88. The lowest BCUT2D eigenvalue weighted by atomic mass is 10.1. The van der Waals surface area contributed by atoms with E-state index in [1.54, 1.807) is 29.3 Å². The van der Waals surface area contributed by atoms with Crippen LogP contribution in [0.15, 0.2) is 41.9 Å². The molecule has 1 aliphatic heterocycles. The second-order valence-electron chi connectivity index (χ2n) is 7.03. The van der Waals surface area contributed by atoms with Crippen molar-refractivity contribution in [2.75, 3.05) is 31.5 Å². The van der Waals surface area contributed by atoms with Gasteiger partial charge < -0.3 is 10.2 Å². The van der Waals surface area contributed by atoms with Crippen LogP contribution in [0.1, 0.15) is 26.4 Å². The van der Waals surface area contributed by atoms with Crippen LogP contribution in [0.3, 0.4) is 0 Å². The summed E-state index contributed by atoms with van der Waals surface area (Å²) in [5.74, 6) is -0.498. The first-order valence-electron chi connectivity index (χ1n) is 9.62. The van der Waals surface area contributed by atoms with Gasteiger partial charge in [-0.05, 0) is 24.3 Å². The van der Waals surface area contributed by atoms with Crippen molar-refractivity contribution in [1.29, 1.82) is 0 Å². The average Bonchev–Trinajstić information content (AvgIpc) is 3.28. The van der Waals surface area contributed by atoms with Gasteiger partial charge in [0.2, 0.25) is 0 Å². The van der Waals surface area contributed by atoms with E-state index in [2.05, 4.69) is 20.2 Å². The zero-order valence-electron chi connectivity index (χ0n) is 16.4. The largest absolute Gasteiger partial charge is 0.336 e. The first kappa shape index (κ1) is 21.4. The summed E-state index contributed by atoms with van der Waals surface area (Å²) in [6.07, 6.45) is 2.47. The lowest BCUT2D eigenvalue weighted by Gasteiger charge is -2.34. The minimum Gasteiger partial charge on any atom is -0.336 e. The molecule has 0 atom stereocenters. The van der Waals surface area contributed by atoms with Crippen LogP contribution in [0.4, 0.5) is 15.3 Å². The van der Waals surface area contributed by atoms with Crippen LogP contribution in [-0.4, -0.2) is 58.1 Å². The van der Waals surface area contributed by atoms with E-state index in [1.165, 1.54) is 23.5 Å². The van der Waals surface area contributed by atoms with E-state index in [4.69, 9.17) is 11.6 Å². The van der Waals surface area contributed by atoms with Gasteiger partial charge in [-0.25, -0.2) is 14.4 Å². The molecule has 0 aliphatic carbocycles. The fourth-order valence-corrected chi connectivity index (χ4v) is 4.11. The highest BCUT2D eigenvalue weighted by Gasteiger charge is 2.25. The van der Waals surface area contributed by atoms with Crippen LogP contribution in [0.2, 0.25) is 5.02 Å². The Bertz CT molecular complexity index is 1090. The summed E-state index contributed by atoms with van der Waals surface area (Å²) in [7, 11) is 0. The number of thiazole rings is 1. The van der Waals surface area contributed by atoms with Crippen LogP contribution in [0, 0.1) is 5.82 Å². The number of pyridine rings is 1. The summed E-state index contributed by atoms with van der Waals surface area (Å²) in [4.78, 5) is 36.5. The van der Waals surface area contributed by atoms with Gasteiger partial charge in [0.1, 0.15) is 12.1 Å². The minimum atomic E-state index is -0.688. The average molecular weight is 460 g/mol. The number of benzene rings is 1. The molecule has 0 bridgehead atoms. The number of aromatic nitrogens is 2. The van der Waals surface area contributed by atoms with E-state index in [1.807, 2.05) is 5.38 Å². The Balaban J connectivity index is 1.40. The maximum atomic E-state index is 14.2. The van der Waals surface area contributed by atoms with Crippen molar-refractivity contribution in [2.45, 2.75) is 6.54 Å². The lowest BCUT2D eigenvalue weighted by Crippen LogP contribution is -2.48. The molecule has 0 saturated carbocycles. The third kappa shape index (κ3) is 5.07. The molecular weight excluding hydrogens is 441 g/mol. The van der Waals surface area contributed by atoms with Crippen LogP contribution in [0.5, 0.6) is 0 Å². The Labute approximate surface area is 187 Å². The van der Waals surface area contributed by atoms with Gasteiger partial charge in [0.05, 0.1) is 16.3 Å². The molecule has 1 aliphatic rings. The summed E-state index contributed by atoms with van der Waals surface area (Å²) in [5, 5.41) is 5.59. The predicted octanol–water partition coefficient (Wildman–Crippen LogP) is 3.84. The van der Waals surface area contributed by atoms with Gasteiger partial charge >= 0.3 is 0 Å². The Morgan fingerprint density at radius 3 is 2.77 bits per heavy atom. The summed E-state index contributed by atoms with van der Waals surface area (Å²) < 4.78 is 14.2. The van der Waals surface area contributed by atoms with Gasteiger partial charge in [-0.3, -0.25) is 14.5 Å². The molecule has 2 aromatic heterocycles. The van der Waals surface area contributed by atoms with Crippen molar-refractivity contribution >= 4 is 46.1 Å². The molecule has 0 spiro atoms. The summed E-state index contributed by atoms with van der Waals surface area (Å²) in [6.45, 7) is 2.67. The van der Waals surface area contributed by atoms with Gasteiger partial charge in [-0.1, -0.05) is 17.7 Å². The highest BCUT2D eigenvalue weighted by molar-refractivity contribution is 7.13.